The van der Waals surface area contributed by atoms with Crippen LogP contribution in [-0.4, -0.2) is 9.97 Å². The molecule has 5 heteroatoms. The van der Waals surface area contributed by atoms with E-state index in [-0.39, 0.29) is 17.5 Å². The van der Waals surface area contributed by atoms with Gasteiger partial charge in [-0.25, -0.2) is 13.8 Å². The van der Waals surface area contributed by atoms with Crippen LogP contribution in [0.25, 0.3) is 11.0 Å². The highest BCUT2D eigenvalue weighted by molar-refractivity contribution is 5.75. The van der Waals surface area contributed by atoms with Gasteiger partial charge >= 0.3 is 0 Å². The molecule has 1 aromatic carbocycles. The zero-order valence-corrected chi connectivity index (χ0v) is 7.01. The number of nitrogens with zero attached hydrogens (tertiary/aromatic N) is 2. The van der Waals surface area contributed by atoms with Crippen LogP contribution in [0.4, 0.5) is 8.78 Å². The lowest BCUT2D eigenvalue weighted by Crippen LogP contribution is -1.82. The summed E-state index contributed by atoms with van der Waals surface area (Å²) in [6, 6.07) is 3.78. The van der Waals surface area contributed by atoms with Crippen molar-refractivity contribution in [2.75, 3.05) is 0 Å². The highest BCUT2D eigenvalue weighted by Gasteiger charge is 2.08. The molecule has 0 saturated heterocycles. The molecule has 1 aromatic heterocycles. The maximum absolute atomic E-state index is 13.1. The van der Waals surface area contributed by atoms with Crippen molar-refractivity contribution in [2.45, 2.75) is 6.42 Å². The van der Waals surface area contributed by atoms with E-state index in [2.05, 4.69) is 9.97 Å². The average Bonchev–Trinajstić information content (AvgIpc) is 2.48. The van der Waals surface area contributed by atoms with Crippen molar-refractivity contribution in [3.05, 3.63) is 29.6 Å². The smallest absolute Gasteiger partial charge is 0.153 e. The number of hydrogen-bond acceptors (Lipinski definition) is 2. The first-order valence-corrected chi connectivity index (χ1v) is 3.91. The number of imidazole rings is 1. The fraction of sp³-hybridized carbons (Fsp3) is 0.111. The topological polar surface area (TPSA) is 52.5 Å². The molecular weight excluding hydrogens is 188 g/mol. The Labute approximate surface area is 78.0 Å². The van der Waals surface area contributed by atoms with Crippen molar-refractivity contribution >= 4 is 11.0 Å². The summed E-state index contributed by atoms with van der Waals surface area (Å²) in [6.45, 7) is 0. The lowest BCUT2D eigenvalue weighted by Gasteiger charge is -1.90. The highest BCUT2D eigenvalue weighted by atomic mass is 19.1. The molecule has 0 amide bonds. The van der Waals surface area contributed by atoms with Crippen LogP contribution in [0.1, 0.15) is 5.82 Å². The van der Waals surface area contributed by atoms with E-state index in [9.17, 15) is 8.78 Å². The minimum absolute atomic E-state index is 0.0513. The van der Waals surface area contributed by atoms with Crippen molar-refractivity contribution in [3.63, 3.8) is 0 Å². The third-order valence-corrected chi connectivity index (χ3v) is 1.80. The van der Waals surface area contributed by atoms with Crippen molar-refractivity contribution in [3.8, 4) is 6.07 Å². The van der Waals surface area contributed by atoms with E-state index >= 15 is 0 Å². The summed E-state index contributed by atoms with van der Waals surface area (Å²) in [6.07, 6.45) is 0.0513. The van der Waals surface area contributed by atoms with Crippen molar-refractivity contribution in [1.29, 1.82) is 5.26 Å². The molecule has 0 spiro atoms. The van der Waals surface area contributed by atoms with Gasteiger partial charge in [-0.15, -0.1) is 0 Å². The first-order chi connectivity index (χ1) is 6.70. The molecule has 0 atom stereocenters. The van der Waals surface area contributed by atoms with Crippen LogP contribution in [0.2, 0.25) is 0 Å². The zero-order valence-electron chi connectivity index (χ0n) is 7.01. The number of nitriles is 1. The highest BCUT2D eigenvalue weighted by Crippen LogP contribution is 2.17. The number of aromatic nitrogens is 2. The van der Waals surface area contributed by atoms with Gasteiger partial charge in [0.2, 0.25) is 0 Å². The van der Waals surface area contributed by atoms with Gasteiger partial charge in [0, 0.05) is 6.07 Å². The number of rotatable bonds is 1. The number of nitrogens with one attached hydrogen (secondary N) is 1. The summed E-state index contributed by atoms with van der Waals surface area (Å²) in [5.74, 6) is -1.05. The molecule has 0 bridgehead atoms. The fourth-order valence-electron chi connectivity index (χ4n) is 1.25. The van der Waals surface area contributed by atoms with E-state index in [1.807, 2.05) is 6.07 Å². The molecule has 0 unspecified atom stereocenters. The molecule has 0 saturated carbocycles. The number of aromatic amines is 1. The van der Waals surface area contributed by atoms with E-state index < -0.39 is 11.6 Å². The SMILES string of the molecule is N#CCc1nc2c(F)cc(F)cc2[nH]1. The molecule has 2 aromatic rings. The summed E-state index contributed by atoms with van der Waals surface area (Å²) in [4.78, 5) is 6.49. The summed E-state index contributed by atoms with van der Waals surface area (Å²) < 4.78 is 25.8. The predicted molar refractivity (Wildman–Crippen MR) is 45.3 cm³/mol. The van der Waals surface area contributed by atoms with E-state index in [4.69, 9.17) is 5.26 Å². The van der Waals surface area contributed by atoms with Crippen LogP contribution in [0.3, 0.4) is 0 Å². The first-order valence-electron chi connectivity index (χ1n) is 3.91. The summed E-state index contributed by atoms with van der Waals surface area (Å²) in [5.41, 5.74) is 0.337. The van der Waals surface area contributed by atoms with Gasteiger partial charge < -0.3 is 4.98 Å². The minimum atomic E-state index is -0.722. The molecule has 14 heavy (non-hydrogen) atoms. The van der Waals surface area contributed by atoms with E-state index in [1.54, 1.807) is 0 Å². The van der Waals surface area contributed by atoms with E-state index in [1.165, 1.54) is 0 Å². The predicted octanol–water partition coefficient (Wildman–Crippen LogP) is 1.91. The summed E-state index contributed by atoms with van der Waals surface area (Å²) in [7, 11) is 0. The Kier molecular flexibility index (Phi) is 1.89. The van der Waals surface area contributed by atoms with Crippen LogP contribution >= 0.6 is 0 Å². The van der Waals surface area contributed by atoms with Gasteiger partial charge in [-0.05, 0) is 6.07 Å². The molecular formula is C9H5F2N3. The molecule has 0 aliphatic carbocycles. The van der Waals surface area contributed by atoms with Gasteiger partial charge in [-0.3, -0.25) is 0 Å². The van der Waals surface area contributed by atoms with Gasteiger partial charge in [0.15, 0.2) is 5.82 Å². The van der Waals surface area contributed by atoms with Crippen LogP contribution in [0.15, 0.2) is 12.1 Å². The average molecular weight is 193 g/mol. The Morgan fingerprint density at radius 3 is 2.93 bits per heavy atom. The second-order valence-corrected chi connectivity index (χ2v) is 2.80. The summed E-state index contributed by atoms with van der Waals surface area (Å²) >= 11 is 0. The van der Waals surface area contributed by atoms with Crippen molar-refractivity contribution < 1.29 is 8.78 Å². The number of fused-ring (bicyclic) bond motifs is 1. The Hall–Kier alpha value is -1.96. The van der Waals surface area contributed by atoms with Crippen LogP contribution < -0.4 is 0 Å². The van der Waals surface area contributed by atoms with Crippen LogP contribution in [0.5, 0.6) is 0 Å². The van der Waals surface area contributed by atoms with Crippen molar-refractivity contribution in [2.24, 2.45) is 0 Å². The lowest BCUT2D eigenvalue weighted by molar-refractivity contribution is 0.590. The second kappa shape index (κ2) is 3.07. The zero-order chi connectivity index (χ0) is 10.1. The normalized spacial score (nSPS) is 10.4. The largest absolute Gasteiger partial charge is 0.341 e. The standard InChI is InChI=1S/C9H5F2N3/c10-5-3-6(11)9-7(4-5)13-8(14-9)1-2-12/h3-4H,1H2,(H,13,14). The molecule has 70 valence electrons. The number of hydrogen-bond donors (Lipinski definition) is 1. The van der Waals surface area contributed by atoms with Crippen molar-refractivity contribution in [1.82, 2.24) is 9.97 Å². The summed E-state index contributed by atoms with van der Waals surface area (Å²) in [5, 5.41) is 8.39. The van der Waals surface area contributed by atoms with Gasteiger partial charge in [-0.2, -0.15) is 5.26 Å². The fourth-order valence-corrected chi connectivity index (χ4v) is 1.25. The maximum Gasteiger partial charge on any atom is 0.153 e. The molecule has 0 aliphatic heterocycles. The minimum Gasteiger partial charge on any atom is -0.341 e. The Bertz CT molecular complexity index is 525. The third-order valence-electron chi connectivity index (χ3n) is 1.80. The molecule has 1 N–H and O–H groups in total. The molecule has 3 nitrogen and oxygen atoms in total. The Morgan fingerprint density at radius 2 is 2.21 bits per heavy atom. The van der Waals surface area contributed by atoms with Crippen LogP contribution in [0, 0.1) is 23.0 Å². The second-order valence-electron chi connectivity index (χ2n) is 2.80. The monoisotopic (exact) mass is 193 g/mol. The third kappa shape index (κ3) is 1.31. The van der Waals surface area contributed by atoms with Crippen LogP contribution in [-0.2, 0) is 6.42 Å². The number of halogens is 2. The molecule has 0 aliphatic rings. The maximum atomic E-state index is 13.1. The molecule has 2 rings (SSSR count). The lowest BCUT2D eigenvalue weighted by atomic mass is 10.3. The van der Waals surface area contributed by atoms with Gasteiger partial charge in [0.25, 0.3) is 0 Å². The molecule has 1 heterocycles. The van der Waals surface area contributed by atoms with Gasteiger partial charge in [-0.1, -0.05) is 0 Å². The van der Waals surface area contributed by atoms with E-state index in [0.29, 0.717) is 5.82 Å². The first kappa shape index (κ1) is 8.63. The molecule has 0 fully saturated rings. The van der Waals surface area contributed by atoms with Gasteiger partial charge in [0.1, 0.15) is 17.2 Å². The number of benzene rings is 1. The van der Waals surface area contributed by atoms with E-state index in [0.717, 1.165) is 12.1 Å². The quantitative estimate of drug-likeness (QED) is 0.752. The van der Waals surface area contributed by atoms with Gasteiger partial charge in [0.05, 0.1) is 18.0 Å². The number of H-pyrrole nitrogens is 1. The Balaban J connectivity index is 2.66. The Morgan fingerprint density at radius 1 is 1.43 bits per heavy atom. The molecule has 0 radical (unpaired) electrons.